The van der Waals surface area contributed by atoms with Crippen molar-refractivity contribution in [1.82, 2.24) is 9.13 Å². The predicted molar refractivity (Wildman–Crippen MR) is 160 cm³/mol. The number of benzene rings is 3. The van der Waals surface area contributed by atoms with Crippen molar-refractivity contribution in [3.8, 4) is 17.2 Å². The summed E-state index contributed by atoms with van der Waals surface area (Å²) in [7, 11) is 0. The molecule has 11 heteroatoms. The minimum Gasteiger partial charge on any atom is -0.478 e. The lowest BCUT2D eigenvalue weighted by molar-refractivity contribution is 0.0684. The monoisotopic (exact) mass is 584 g/mol. The molecule has 0 fully saturated rings. The average molecular weight is 585 g/mol. The van der Waals surface area contributed by atoms with Crippen LogP contribution in [0, 0.1) is 0 Å². The number of fused-ring (bicyclic) bond motifs is 2. The van der Waals surface area contributed by atoms with Gasteiger partial charge in [-0.1, -0.05) is 26.8 Å². The van der Waals surface area contributed by atoms with Crippen molar-refractivity contribution in [2.75, 3.05) is 0 Å². The molecule has 0 amide bonds. The summed E-state index contributed by atoms with van der Waals surface area (Å²) in [5.74, 6) is -2.44. The number of aromatic carboxylic acids is 2. The first-order valence-electron chi connectivity index (χ1n) is 13.3. The van der Waals surface area contributed by atoms with Gasteiger partial charge in [0.2, 0.25) is 0 Å². The first-order chi connectivity index (χ1) is 19.9. The molecule has 0 spiro atoms. The van der Waals surface area contributed by atoms with Crippen LogP contribution in [-0.4, -0.2) is 31.3 Å². The number of rotatable bonds is 5. The van der Waals surface area contributed by atoms with Crippen LogP contribution in [-0.2, 0) is 11.0 Å². The Kier molecular flexibility index (Phi) is 6.53. The fourth-order valence-electron chi connectivity index (χ4n) is 5.30. The van der Waals surface area contributed by atoms with Gasteiger partial charge in [0.1, 0.15) is 11.5 Å². The molecule has 11 nitrogen and oxygen atoms in total. The lowest BCUT2D eigenvalue weighted by Crippen LogP contribution is -2.38. The fraction of sp³-hybridized carbons (Fsp3) is 0.250. The van der Waals surface area contributed by atoms with Gasteiger partial charge in [-0.3, -0.25) is 23.7 Å². The Balaban J connectivity index is 1.64. The summed E-state index contributed by atoms with van der Waals surface area (Å²) in [4.78, 5) is 77.1. The zero-order chi connectivity index (χ0) is 31.8. The van der Waals surface area contributed by atoms with Gasteiger partial charge in [0.05, 0.1) is 38.4 Å². The second-order valence-electron chi connectivity index (χ2n) is 12.4. The molecule has 5 aromatic rings. The highest BCUT2D eigenvalue weighted by molar-refractivity contribution is 5.99. The van der Waals surface area contributed by atoms with E-state index in [2.05, 4.69) is 0 Å². The molecule has 0 atom stereocenters. The van der Waals surface area contributed by atoms with E-state index in [1.807, 2.05) is 20.8 Å². The molecule has 0 saturated heterocycles. The Morgan fingerprint density at radius 1 is 0.628 bits per heavy atom. The summed E-state index contributed by atoms with van der Waals surface area (Å²) in [5.41, 5.74) is -4.24. The highest BCUT2D eigenvalue weighted by Gasteiger charge is 2.27. The molecule has 2 aromatic heterocycles. The molecule has 0 saturated carbocycles. The van der Waals surface area contributed by atoms with Crippen LogP contribution in [0.4, 0.5) is 0 Å². The third kappa shape index (κ3) is 4.72. The molecule has 0 aliphatic rings. The Morgan fingerprint density at radius 3 is 1.51 bits per heavy atom. The van der Waals surface area contributed by atoms with Crippen molar-refractivity contribution < 1.29 is 24.5 Å². The topological polar surface area (TPSA) is 162 Å². The molecule has 3 aromatic carbocycles. The number of nitrogens with zero attached hydrogens (tertiary/aromatic N) is 2. The van der Waals surface area contributed by atoms with Crippen LogP contribution in [0.5, 0.6) is 11.5 Å². The maximum atomic E-state index is 13.5. The molecule has 220 valence electrons. The van der Waals surface area contributed by atoms with Gasteiger partial charge in [-0.2, -0.15) is 0 Å². The van der Waals surface area contributed by atoms with E-state index in [1.54, 1.807) is 32.9 Å². The van der Waals surface area contributed by atoms with Gasteiger partial charge in [0.25, 0.3) is 22.2 Å². The second-order valence-corrected chi connectivity index (χ2v) is 12.4. The van der Waals surface area contributed by atoms with E-state index in [-0.39, 0.29) is 44.3 Å². The molecule has 0 unspecified atom stereocenters. The Bertz CT molecular complexity index is 2140. The van der Waals surface area contributed by atoms with Gasteiger partial charge < -0.3 is 14.9 Å². The lowest BCUT2D eigenvalue weighted by atomic mass is 9.83. The molecule has 2 N–H and O–H groups in total. The summed E-state index contributed by atoms with van der Waals surface area (Å²) < 4.78 is 7.53. The smallest absolute Gasteiger partial charge is 0.337 e. The molecule has 0 aliphatic heterocycles. The summed E-state index contributed by atoms with van der Waals surface area (Å²) in [6, 6.07) is 10.6. The average Bonchev–Trinajstić information content (AvgIpc) is 3.30. The Hall–Kier alpha value is -5.32. The Morgan fingerprint density at radius 2 is 1.07 bits per heavy atom. The van der Waals surface area contributed by atoms with E-state index in [0.717, 1.165) is 10.6 Å². The summed E-state index contributed by atoms with van der Waals surface area (Å²) in [5, 5.41) is 19.4. The summed E-state index contributed by atoms with van der Waals surface area (Å²) >= 11 is 0. The van der Waals surface area contributed by atoms with Crippen LogP contribution >= 0.6 is 0 Å². The number of carboxylic acids is 2. The van der Waals surface area contributed by atoms with E-state index in [9.17, 15) is 39.0 Å². The molecular weight excluding hydrogens is 556 g/mol. The van der Waals surface area contributed by atoms with Crippen molar-refractivity contribution in [2.24, 2.45) is 0 Å². The fourth-order valence-corrected chi connectivity index (χ4v) is 5.30. The van der Waals surface area contributed by atoms with Gasteiger partial charge in [-0.25, -0.2) is 14.2 Å². The minimum absolute atomic E-state index is 0.0120. The van der Waals surface area contributed by atoms with Crippen molar-refractivity contribution in [3.05, 3.63) is 107 Å². The summed E-state index contributed by atoms with van der Waals surface area (Å²) in [6.45, 7) is 10.7. The van der Waals surface area contributed by atoms with Gasteiger partial charge >= 0.3 is 11.9 Å². The number of ether oxygens (including phenoxy) is 1. The molecule has 0 radical (unpaired) electrons. The number of carboxylic acid groups (broad SMARTS) is 2. The highest BCUT2D eigenvalue weighted by Crippen LogP contribution is 2.32. The number of aromatic nitrogens is 2. The van der Waals surface area contributed by atoms with Crippen molar-refractivity contribution in [1.29, 1.82) is 0 Å². The van der Waals surface area contributed by atoms with Gasteiger partial charge in [0, 0.05) is 5.54 Å². The third-order valence-corrected chi connectivity index (χ3v) is 7.27. The largest absolute Gasteiger partial charge is 0.478 e. The second kappa shape index (κ2) is 9.62. The molecule has 2 heterocycles. The molecular formula is C32H28N2O9. The van der Waals surface area contributed by atoms with E-state index in [4.69, 9.17) is 4.74 Å². The summed E-state index contributed by atoms with van der Waals surface area (Å²) in [6.07, 6.45) is 0. The first-order valence-corrected chi connectivity index (χ1v) is 13.3. The number of carbonyl (C=O) groups is 2. The van der Waals surface area contributed by atoms with Crippen LogP contribution in [0.25, 0.3) is 27.2 Å². The van der Waals surface area contributed by atoms with E-state index >= 15 is 0 Å². The van der Waals surface area contributed by atoms with Crippen molar-refractivity contribution >= 4 is 33.5 Å². The maximum Gasteiger partial charge on any atom is 0.337 e. The SMILES string of the molecule is CC(C)(C)c1ccc(Oc2ccc(-n3c(=O)c4cc5c(=O)n(C(C)(C)C)c(=O)c5cc4c3=O)c(C(=O)O)c2)cc1C(=O)O. The number of hydrogen-bond donors (Lipinski definition) is 2. The van der Waals surface area contributed by atoms with E-state index in [0.29, 0.717) is 10.1 Å². The van der Waals surface area contributed by atoms with Gasteiger partial charge in [-0.15, -0.1) is 0 Å². The van der Waals surface area contributed by atoms with Crippen molar-refractivity contribution in [3.63, 3.8) is 0 Å². The molecule has 0 bridgehead atoms. The zero-order valence-electron chi connectivity index (χ0n) is 24.3. The van der Waals surface area contributed by atoms with Crippen LogP contribution in [0.15, 0.2) is 67.7 Å². The lowest BCUT2D eigenvalue weighted by Gasteiger charge is -2.22. The van der Waals surface area contributed by atoms with Crippen LogP contribution in [0.1, 0.15) is 67.8 Å². The molecule has 43 heavy (non-hydrogen) atoms. The molecule has 5 rings (SSSR count). The minimum atomic E-state index is -1.46. The van der Waals surface area contributed by atoms with Crippen LogP contribution < -0.4 is 27.0 Å². The van der Waals surface area contributed by atoms with Crippen LogP contribution in [0.2, 0.25) is 0 Å². The van der Waals surface area contributed by atoms with Crippen molar-refractivity contribution in [2.45, 2.75) is 52.5 Å². The highest BCUT2D eigenvalue weighted by atomic mass is 16.5. The number of hydrogen-bond acceptors (Lipinski definition) is 7. The normalized spacial score (nSPS) is 12.2. The van der Waals surface area contributed by atoms with Gasteiger partial charge in [0.15, 0.2) is 0 Å². The predicted octanol–water partition coefficient (Wildman–Crippen LogP) is 4.14. The van der Waals surface area contributed by atoms with E-state index in [1.165, 1.54) is 30.3 Å². The third-order valence-electron chi connectivity index (χ3n) is 7.27. The van der Waals surface area contributed by atoms with E-state index < -0.39 is 50.7 Å². The zero-order valence-corrected chi connectivity index (χ0v) is 24.3. The Labute approximate surface area is 243 Å². The standard InChI is InChI=1S/C32H28N2O9/c1-31(2,3)23-9-7-15(11-21(23)29(39)40)43-16-8-10-24(22(12-16)30(41)42)33-25(35)17-13-19-20(14-18(17)26(33)36)28(38)34(27(19)37)32(4,5)6/h7-14H,1-6H3,(H,39,40)(H,41,42). The maximum absolute atomic E-state index is 13.5. The van der Waals surface area contributed by atoms with Crippen LogP contribution in [0.3, 0.4) is 0 Å². The molecule has 0 aliphatic carbocycles. The quantitative estimate of drug-likeness (QED) is 0.309. The first kappa shape index (κ1) is 29.2. The van der Waals surface area contributed by atoms with Gasteiger partial charge in [-0.05, 0) is 74.2 Å².